The summed E-state index contributed by atoms with van der Waals surface area (Å²) in [6.45, 7) is 4.79. The topological polar surface area (TPSA) is 38.1 Å². The maximum absolute atomic E-state index is 12.5. The van der Waals surface area contributed by atoms with Gasteiger partial charge in [-0.15, -0.1) is 0 Å². The van der Waals surface area contributed by atoms with Gasteiger partial charge in [0.25, 0.3) is 0 Å². The van der Waals surface area contributed by atoms with Gasteiger partial charge in [0.15, 0.2) is 0 Å². The normalized spacial score (nSPS) is 16.4. The minimum atomic E-state index is 0. The molecule has 1 saturated heterocycles. The average molecular weight is 411 g/mol. The van der Waals surface area contributed by atoms with Crippen molar-refractivity contribution in [3.05, 3.63) is 66.0 Å². The van der Waals surface area contributed by atoms with Crippen molar-refractivity contribution in [1.82, 2.24) is 14.5 Å². The SMILES string of the molecule is CCCCN1CC(c2nc3ccccc3n2CCCc2ccccc2)CC1=O.[Cl-]. The molecule has 2 aromatic carbocycles. The number of imidazole rings is 1. The largest absolute Gasteiger partial charge is 1.00 e. The van der Waals surface area contributed by atoms with Crippen LogP contribution in [0.2, 0.25) is 0 Å². The lowest BCUT2D eigenvalue weighted by atomic mass is 10.1. The lowest BCUT2D eigenvalue weighted by Gasteiger charge is -2.17. The minimum absolute atomic E-state index is 0. The fourth-order valence-electron chi connectivity index (χ4n) is 4.24. The van der Waals surface area contributed by atoms with Gasteiger partial charge in [-0.25, -0.2) is 4.98 Å². The molecule has 1 fully saturated rings. The first kappa shape index (κ1) is 21.4. The number of aromatic nitrogens is 2. The highest BCUT2D eigenvalue weighted by atomic mass is 35.5. The van der Waals surface area contributed by atoms with E-state index in [1.807, 2.05) is 11.0 Å². The number of nitrogens with zero attached hydrogens (tertiary/aromatic N) is 3. The van der Waals surface area contributed by atoms with Crippen molar-refractivity contribution in [2.45, 2.75) is 51.5 Å². The van der Waals surface area contributed by atoms with E-state index in [2.05, 4.69) is 60.0 Å². The van der Waals surface area contributed by atoms with Crippen LogP contribution in [0, 0.1) is 0 Å². The molecule has 2 heterocycles. The van der Waals surface area contributed by atoms with Crippen LogP contribution in [0.5, 0.6) is 0 Å². The van der Waals surface area contributed by atoms with Crippen LogP contribution in [-0.4, -0.2) is 33.4 Å². The van der Waals surface area contributed by atoms with Crippen LogP contribution in [0.3, 0.4) is 0 Å². The molecule has 1 aromatic heterocycles. The number of carbonyl (C=O) groups is 1. The second-order valence-corrected chi connectivity index (χ2v) is 7.79. The number of hydrogen-bond acceptors (Lipinski definition) is 2. The molecular formula is C24H29ClN3O-. The molecule has 3 aromatic rings. The van der Waals surface area contributed by atoms with Gasteiger partial charge in [-0.3, -0.25) is 4.79 Å². The molecule has 1 unspecified atom stereocenters. The zero-order valence-corrected chi connectivity index (χ0v) is 17.8. The maximum atomic E-state index is 12.5. The number of aryl methyl sites for hydroxylation is 2. The minimum Gasteiger partial charge on any atom is -1.00 e. The molecule has 5 heteroatoms. The average Bonchev–Trinajstić information content (AvgIpc) is 3.28. The summed E-state index contributed by atoms with van der Waals surface area (Å²) in [4.78, 5) is 19.5. The number of hydrogen-bond donors (Lipinski definition) is 0. The first-order chi connectivity index (χ1) is 13.8. The van der Waals surface area contributed by atoms with Crippen LogP contribution in [-0.2, 0) is 17.8 Å². The van der Waals surface area contributed by atoms with Crippen molar-refractivity contribution < 1.29 is 17.2 Å². The summed E-state index contributed by atoms with van der Waals surface area (Å²) >= 11 is 0. The Balaban J connectivity index is 0.00000240. The second kappa shape index (κ2) is 9.93. The molecule has 0 spiro atoms. The van der Waals surface area contributed by atoms with Crippen LogP contribution >= 0.6 is 0 Å². The van der Waals surface area contributed by atoms with Gasteiger partial charge in [-0.1, -0.05) is 55.8 Å². The van der Waals surface area contributed by atoms with E-state index < -0.39 is 0 Å². The Labute approximate surface area is 179 Å². The zero-order chi connectivity index (χ0) is 19.3. The molecule has 0 saturated carbocycles. The predicted molar refractivity (Wildman–Crippen MR) is 113 cm³/mol. The first-order valence-corrected chi connectivity index (χ1v) is 10.5. The number of rotatable bonds is 8. The summed E-state index contributed by atoms with van der Waals surface area (Å²) in [6.07, 6.45) is 4.90. The number of halogens is 1. The first-order valence-electron chi connectivity index (χ1n) is 10.5. The van der Waals surface area contributed by atoms with E-state index in [1.165, 1.54) is 11.1 Å². The number of likely N-dealkylation sites (tertiary alicyclic amines) is 1. The van der Waals surface area contributed by atoms with Crippen molar-refractivity contribution in [2.24, 2.45) is 0 Å². The fraction of sp³-hybridized carbons (Fsp3) is 0.417. The van der Waals surface area contributed by atoms with Crippen molar-refractivity contribution in [3.8, 4) is 0 Å². The molecule has 0 N–H and O–H groups in total. The van der Waals surface area contributed by atoms with Gasteiger partial charge in [0.1, 0.15) is 5.82 Å². The Bertz CT molecular complexity index is 938. The third kappa shape index (κ3) is 4.81. The Hall–Kier alpha value is -2.33. The highest BCUT2D eigenvalue weighted by molar-refractivity contribution is 5.80. The van der Waals surface area contributed by atoms with E-state index in [1.54, 1.807) is 0 Å². The van der Waals surface area contributed by atoms with Crippen LogP contribution < -0.4 is 12.4 Å². The van der Waals surface area contributed by atoms with E-state index in [9.17, 15) is 4.79 Å². The molecular weight excluding hydrogens is 382 g/mol. The van der Waals surface area contributed by atoms with Gasteiger partial charge in [-0.05, 0) is 37.0 Å². The number of benzene rings is 2. The number of fused-ring (bicyclic) bond motifs is 1. The smallest absolute Gasteiger partial charge is 0.223 e. The molecule has 1 aliphatic rings. The monoisotopic (exact) mass is 410 g/mol. The molecule has 0 radical (unpaired) electrons. The third-order valence-corrected chi connectivity index (χ3v) is 5.74. The summed E-state index contributed by atoms with van der Waals surface area (Å²) in [5.41, 5.74) is 3.59. The number of amides is 1. The lowest BCUT2D eigenvalue weighted by molar-refractivity contribution is -0.127. The molecule has 29 heavy (non-hydrogen) atoms. The van der Waals surface area contributed by atoms with Crippen LogP contribution in [0.25, 0.3) is 11.0 Å². The fourth-order valence-corrected chi connectivity index (χ4v) is 4.24. The molecule has 1 atom stereocenters. The highest BCUT2D eigenvalue weighted by Gasteiger charge is 2.33. The van der Waals surface area contributed by atoms with E-state index in [-0.39, 0.29) is 24.2 Å². The maximum Gasteiger partial charge on any atom is 0.223 e. The van der Waals surface area contributed by atoms with Gasteiger partial charge in [0.05, 0.1) is 11.0 Å². The Morgan fingerprint density at radius 3 is 2.55 bits per heavy atom. The lowest BCUT2D eigenvalue weighted by Crippen LogP contribution is -3.00. The molecule has 1 amide bonds. The van der Waals surface area contributed by atoms with Crippen LogP contribution in [0.1, 0.15) is 49.9 Å². The van der Waals surface area contributed by atoms with Gasteiger partial charge in [-0.2, -0.15) is 0 Å². The highest BCUT2D eigenvalue weighted by Crippen LogP contribution is 2.31. The summed E-state index contributed by atoms with van der Waals surface area (Å²) in [6, 6.07) is 19.0. The van der Waals surface area contributed by atoms with E-state index >= 15 is 0 Å². The Morgan fingerprint density at radius 1 is 1.00 bits per heavy atom. The van der Waals surface area contributed by atoms with Crippen molar-refractivity contribution in [3.63, 3.8) is 0 Å². The molecule has 0 bridgehead atoms. The molecule has 0 aliphatic carbocycles. The zero-order valence-electron chi connectivity index (χ0n) is 17.1. The molecule has 4 rings (SSSR count). The van der Waals surface area contributed by atoms with Crippen molar-refractivity contribution in [1.29, 1.82) is 0 Å². The third-order valence-electron chi connectivity index (χ3n) is 5.74. The molecule has 4 nitrogen and oxygen atoms in total. The van der Waals surface area contributed by atoms with Crippen molar-refractivity contribution in [2.75, 3.05) is 13.1 Å². The number of para-hydroxylation sites is 2. The van der Waals surface area contributed by atoms with Gasteiger partial charge >= 0.3 is 0 Å². The van der Waals surface area contributed by atoms with E-state index in [0.29, 0.717) is 6.42 Å². The van der Waals surface area contributed by atoms with Gasteiger partial charge < -0.3 is 21.9 Å². The van der Waals surface area contributed by atoms with E-state index in [0.717, 1.165) is 56.7 Å². The Morgan fingerprint density at radius 2 is 1.76 bits per heavy atom. The Kier molecular flexibility index (Phi) is 7.32. The van der Waals surface area contributed by atoms with Gasteiger partial charge in [0.2, 0.25) is 5.91 Å². The van der Waals surface area contributed by atoms with E-state index in [4.69, 9.17) is 4.98 Å². The molecule has 154 valence electrons. The van der Waals surface area contributed by atoms with Crippen molar-refractivity contribution >= 4 is 16.9 Å². The van der Waals surface area contributed by atoms with Gasteiger partial charge in [0, 0.05) is 32.0 Å². The second-order valence-electron chi connectivity index (χ2n) is 7.79. The standard InChI is InChI=1S/C24H29N3O.ClH/c1-2-3-15-26-18-20(17-23(26)28)24-25-21-13-7-8-14-22(21)27(24)16-9-12-19-10-5-4-6-11-19;/h4-8,10-11,13-14,20H,2-3,9,12,15-18H2,1H3;1H/p-1. The summed E-state index contributed by atoms with van der Waals surface area (Å²) in [7, 11) is 0. The number of unbranched alkanes of at least 4 members (excludes halogenated alkanes) is 1. The van der Waals surface area contributed by atoms with Crippen LogP contribution in [0.4, 0.5) is 0 Å². The molecule has 1 aliphatic heterocycles. The van der Waals surface area contributed by atoms with Crippen LogP contribution in [0.15, 0.2) is 54.6 Å². The quantitative estimate of drug-likeness (QED) is 0.568. The number of carbonyl (C=O) groups excluding carboxylic acids is 1. The summed E-state index contributed by atoms with van der Waals surface area (Å²) < 4.78 is 2.36. The summed E-state index contributed by atoms with van der Waals surface area (Å²) in [5, 5.41) is 0. The predicted octanol–water partition coefficient (Wildman–Crippen LogP) is 1.79. The summed E-state index contributed by atoms with van der Waals surface area (Å²) in [5.74, 6) is 1.57.